The zero-order chi connectivity index (χ0) is 19.9. The highest BCUT2D eigenvalue weighted by Crippen LogP contribution is 2.32. The number of carbonyl (C=O) groups excluding carboxylic acids is 1. The molecule has 2 aliphatic rings. The number of nitrogens with one attached hydrogen (secondary N) is 1. The van der Waals surface area contributed by atoms with Gasteiger partial charge in [-0.05, 0) is 32.0 Å². The number of sulfonamides is 1. The van der Waals surface area contributed by atoms with Crippen molar-refractivity contribution in [1.82, 2.24) is 14.2 Å². The number of thiazole rings is 1. The fourth-order valence-corrected chi connectivity index (χ4v) is 7.70. The molecule has 0 bridgehead atoms. The van der Waals surface area contributed by atoms with Crippen LogP contribution < -0.4 is 5.32 Å². The Kier molecular flexibility index (Phi) is 5.78. The number of fused-ring (bicyclic) bond motifs is 1. The minimum absolute atomic E-state index is 0.0735. The molecular formula is C17H21ClN4O3S3. The second-order valence-corrected chi connectivity index (χ2v) is 12.1. The number of hydrogen-bond donors (Lipinski definition) is 1. The third-order valence-corrected chi connectivity index (χ3v) is 9.71. The van der Waals surface area contributed by atoms with Crippen molar-refractivity contribution in [3.05, 3.63) is 27.0 Å². The van der Waals surface area contributed by atoms with E-state index in [1.165, 1.54) is 26.6 Å². The molecule has 11 heteroatoms. The summed E-state index contributed by atoms with van der Waals surface area (Å²) in [5, 5.41) is 3.59. The molecule has 0 saturated carbocycles. The number of carbonyl (C=O) groups is 1. The lowest BCUT2D eigenvalue weighted by Gasteiger charge is -2.29. The third-order valence-electron chi connectivity index (χ3n) is 5.12. The molecule has 0 radical (unpaired) electrons. The summed E-state index contributed by atoms with van der Waals surface area (Å²) in [4.78, 5) is 20.6. The maximum Gasteiger partial charge on any atom is 0.252 e. The van der Waals surface area contributed by atoms with Gasteiger partial charge in [-0.2, -0.15) is 4.31 Å². The zero-order valence-electron chi connectivity index (χ0n) is 15.4. The molecule has 0 aliphatic carbocycles. The van der Waals surface area contributed by atoms with Gasteiger partial charge in [0.2, 0.25) is 5.91 Å². The Morgan fingerprint density at radius 1 is 1.25 bits per heavy atom. The molecule has 1 fully saturated rings. The van der Waals surface area contributed by atoms with Crippen LogP contribution in [0.4, 0.5) is 5.13 Å². The first kappa shape index (κ1) is 20.2. The van der Waals surface area contributed by atoms with E-state index in [1.807, 2.05) is 0 Å². The smallest absolute Gasteiger partial charge is 0.252 e. The lowest BCUT2D eigenvalue weighted by Crippen LogP contribution is -2.41. The summed E-state index contributed by atoms with van der Waals surface area (Å²) in [6, 6.07) is 3.12. The van der Waals surface area contributed by atoms with Crippen molar-refractivity contribution in [1.29, 1.82) is 0 Å². The number of piperidine rings is 1. The summed E-state index contributed by atoms with van der Waals surface area (Å²) in [7, 11) is -1.46. The van der Waals surface area contributed by atoms with Crippen LogP contribution in [0.15, 0.2) is 16.3 Å². The highest BCUT2D eigenvalue weighted by molar-refractivity contribution is 7.91. The molecule has 28 heavy (non-hydrogen) atoms. The highest BCUT2D eigenvalue weighted by atomic mass is 35.5. The van der Waals surface area contributed by atoms with Crippen LogP contribution in [-0.4, -0.2) is 55.2 Å². The van der Waals surface area contributed by atoms with Gasteiger partial charge in [-0.1, -0.05) is 11.6 Å². The van der Waals surface area contributed by atoms with Crippen molar-refractivity contribution in [2.45, 2.75) is 30.0 Å². The van der Waals surface area contributed by atoms with Crippen molar-refractivity contribution < 1.29 is 13.2 Å². The fourth-order valence-electron chi connectivity index (χ4n) is 3.51. The monoisotopic (exact) mass is 460 g/mol. The molecule has 7 nitrogen and oxygen atoms in total. The van der Waals surface area contributed by atoms with Crippen LogP contribution in [0.2, 0.25) is 4.34 Å². The van der Waals surface area contributed by atoms with Gasteiger partial charge in [0, 0.05) is 43.4 Å². The maximum atomic E-state index is 12.7. The van der Waals surface area contributed by atoms with Crippen molar-refractivity contribution >= 4 is 55.3 Å². The zero-order valence-corrected chi connectivity index (χ0v) is 18.6. The standard InChI is InChI=1S/C17H21ClN4O3S3/c1-21-7-6-12-13(10-21)26-17(19-12)20-16(23)11-4-8-22(9-5-11)28(24,25)15-3-2-14(18)27-15/h2-3,11H,4-10H2,1H3,(H,19,20,23). The van der Waals surface area contributed by atoms with E-state index in [4.69, 9.17) is 11.6 Å². The van der Waals surface area contributed by atoms with Crippen LogP contribution in [0.1, 0.15) is 23.4 Å². The van der Waals surface area contributed by atoms with E-state index in [9.17, 15) is 13.2 Å². The summed E-state index contributed by atoms with van der Waals surface area (Å²) < 4.78 is 27.5. The number of nitrogens with zero attached hydrogens (tertiary/aromatic N) is 3. The Morgan fingerprint density at radius 2 is 2.00 bits per heavy atom. The number of anilines is 1. The van der Waals surface area contributed by atoms with Crippen LogP contribution in [0.25, 0.3) is 0 Å². The molecule has 2 aromatic rings. The van der Waals surface area contributed by atoms with Gasteiger partial charge in [0.15, 0.2) is 5.13 Å². The molecule has 1 N–H and O–H groups in total. The number of aromatic nitrogens is 1. The predicted molar refractivity (Wildman–Crippen MR) is 112 cm³/mol. The van der Waals surface area contributed by atoms with E-state index in [0.717, 1.165) is 36.5 Å². The third kappa shape index (κ3) is 4.12. The van der Waals surface area contributed by atoms with E-state index in [0.29, 0.717) is 35.4 Å². The molecule has 4 heterocycles. The topological polar surface area (TPSA) is 82.6 Å². The Morgan fingerprint density at radius 3 is 2.68 bits per heavy atom. The van der Waals surface area contributed by atoms with Gasteiger partial charge in [0.1, 0.15) is 4.21 Å². The van der Waals surface area contributed by atoms with Crippen molar-refractivity contribution in [3.8, 4) is 0 Å². The summed E-state index contributed by atoms with van der Waals surface area (Å²) in [5.74, 6) is -0.280. The first-order valence-corrected chi connectivity index (χ1v) is 12.5. The van der Waals surface area contributed by atoms with Gasteiger partial charge in [0.05, 0.1) is 10.0 Å². The van der Waals surface area contributed by atoms with Gasteiger partial charge in [-0.3, -0.25) is 4.79 Å². The Labute approximate surface area is 177 Å². The molecule has 152 valence electrons. The molecule has 1 amide bonds. The number of likely N-dealkylation sites (N-methyl/N-ethyl adjacent to an activating group) is 1. The predicted octanol–water partition coefficient (Wildman–Crippen LogP) is 2.89. The van der Waals surface area contributed by atoms with Crippen LogP contribution in [-0.2, 0) is 27.8 Å². The van der Waals surface area contributed by atoms with E-state index in [1.54, 1.807) is 6.07 Å². The van der Waals surface area contributed by atoms with E-state index >= 15 is 0 Å². The normalized spacial score (nSPS) is 19.5. The molecule has 2 aliphatic heterocycles. The van der Waals surface area contributed by atoms with Crippen molar-refractivity contribution in [3.63, 3.8) is 0 Å². The van der Waals surface area contributed by atoms with Crippen LogP contribution in [0, 0.1) is 5.92 Å². The van der Waals surface area contributed by atoms with Crippen LogP contribution in [0.5, 0.6) is 0 Å². The summed E-state index contributed by atoms with van der Waals surface area (Å²) in [5.41, 5.74) is 1.08. The van der Waals surface area contributed by atoms with E-state index in [2.05, 4.69) is 22.2 Å². The molecule has 0 aromatic carbocycles. The quantitative estimate of drug-likeness (QED) is 0.758. The maximum absolute atomic E-state index is 12.7. The lowest BCUT2D eigenvalue weighted by atomic mass is 9.97. The molecule has 1 saturated heterocycles. The number of halogens is 1. The number of rotatable bonds is 4. The van der Waals surface area contributed by atoms with Gasteiger partial charge in [-0.25, -0.2) is 13.4 Å². The van der Waals surface area contributed by atoms with Crippen molar-refractivity contribution in [2.24, 2.45) is 5.92 Å². The Bertz CT molecular complexity index is 980. The fraction of sp³-hybridized carbons (Fsp3) is 0.529. The van der Waals surface area contributed by atoms with Crippen molar-refractivity contribution in [2.75, 3.05) is 32.0 Å². The van der Waals surface area contributed by atoms with Gasteiger partial charge in [0.25, 0.3) is 10.0 Å². The molecule has 0 spiro atoms. The summed E-state index contributed by atoms with van der Waals surface area (Å²) in [6.07, 6.45) is 1.90. The number of hydrogen-bond acceptors (Lipinski definition) is 7. The Balaban J connectivity index is 1.35. The molecule has 2 aromatic heterocycles. The number of amides is 1. The molecule has 4 rings (SSSR count). The average molecular weight is 461 g/mol. The summed E-state index contributed by atoms with van der Waals surface area (Å²) in [6.45, 7) is 2.50. The van der Waals surface area contributed by atoms with Crippen LogP contribution in [0.3, 0.4) is 0 Å². The average Bonchev–Trinajstić information content (AvgIpc) is 3.27. The second-order valence-electron chi connectivity index (χ2n) is 7.10. The minimum atomic E-state index is -3.54. The van der Waals surface area contributed by atoms with Crippen LogP contribution >= 0.6 is 34.3 Å². The SMILES string of the molecule is CN1CCc2nc(NC(=O)C3CCN(S(=O)(=O)c4ccc(Cl)s4)CC3)sc2C1. The first-order valence-electron chi connectivity index (χ1n) is 9.06. The van der Waals surface area contributed by atoms with E-state index < -0.39 is 10.0 Å². The summed E-state index contributed by atoms with van der Waals surface area (Å²) >= 11 is 8.46. The largest absolute Gasteiger partial charge is 0.302 e. The highest BCUT2D eigenvalue weighted by Gasteiger charge is 2.33. The molecule has 0 unspecified atom stereocenters. The molecule has 0 atom stereocenters. The van der Waals surface area contributed by atoms with E-state index in [-0.39, 0.29) is 16.0 Å². The van der Waals surface area contributed by atoms with Gasteiger partial charge >= 0.3 is 0 Å². The van der Waals surface area contributed by atoms with Gasteiger partial charge < -0.3 is 10.2 Å². The Hall–Kier alpha value is -1.04. The lowest BCUT2D eigenvalue weighted by molar-refractivity contribution is -0.120. The molecular weight excluding hydrogens is 440 g/mol. The first-order chi connectivity index (χ1) is 13.3. The minimum Gasteiger partial charge on any atom is -0.302 e. The number of thiophene rings is 1. The second kappa shape index (κ2) is 8.00. The van der Waals surface area contributed by atoms with Gasteiger partial charge in [-0.15, -0.1) is 22.7 Å².